The fraction of sp³-hybridized carbons (Fsp3) is 0.600. The quantitative estimate of drug-likeness (QED) is 0.676. The van der Waals surface area contributed by atoms with Crippen LogP contribution in [0.2, 0.25) is 0 Å². The van der Waals surface area contributed by atoms with Crippen molar-refractivity contribution < 1.29 is 9.53 Å². The summed E-state index contributed by atoms with van der Waals surface area (Å²) in [5, 5.41) is 4.21. The van der Waals surface area contributed by atoms with Gasteiger partial charge in [0.2, 0.25) is 0 Å². The Balaban J connectivity index is 3.09. The summed E-state index contributed by atoms with van der Waals surface area (Å²) in [5.41, 5.74) is 6.20. The summed E-state index contributed by atoms with van der Waals surface area (Å²) in [6.07, 6.45) is 0.907. The van der Waals surface area contributed by atoms with E-state index in [0.29, 0.717) is 21.7 Å². The Labute approximate surface area is 108 Å². The fourth-order valence-corrected chi connectivity index (χ4v) is 1.84. The molecule has 0 fully saturated rings. The third-order valence-electron chi connectivity index (χ3n) is 2.36. The van der Waals surface area contributed by atoms with Crippen LogP contribution in [-0.2, 0) is 4.74 Å². The van der Waals surface area contributed by atoms with Gasteiger partial charge >= 0.3 is 5.97 Å². The zero-order chi connectivity index (χ0) is 12.3. The summed E-state index contributed by atoms with van der Waals surface area (Å²) in [4.78, 5) is 11.6. The number of aromatic nitrogens is 2. The Bertz CT molecular complexity index is 390. The van der Waals surface area contributed by atoms with E-state index < -0.39 is 5.97 Å². The first kappa shape index (κ1) is 13.3. The maximum Gasteiger partial charge on any atom is 0.360 e. The lowest BCUT2D eigenvalue weighted by Crippen LogP contribution is -2.11. The molecule has 5 nitrogen and oxygen atoms in total. The molecule has 0 aliphatic carbocycles. The smallest absolute Gasteiger partial charge is 0.360 e. The van der Waals surface area contributed by atoms with Gasteiger partial charge in [0.05, 0.1) is 16.2 Å². The van der Waals surface area contributed by atoms with Crippen LogP contribution >= 0.6 is 22.6 Å². The monoisotopic (exact) mass is 337 g/mol. The summed E-state index contributed by atoms with van der Waals surface area (Å²) >= 11 is 2.02. The Morgan fingerprint density at radius 3 is 2.75 bits per heavy atom. The first-order chi connectivity index (χ1) is 7.52. The molecule has 0 spiro atoms. The molecule has 0 amide bonds. The van der Waals surface area contributed by atoms with Gasteiger partial charge in [-0.3, -0.25) is 0 Å². The highest BCUT2D eigenvalue weighted by Crippen LogP contribution is 2.24. The molecule has 6 heteroatoms. The molecule has 1 atom stereocenters. The summed E-state index contributed by atoms with van der Waals surface area (Å²) in [7, 11) is 0. The zero-order valence-electron chi connectivity index (χ0n) is 9.66. The van der Waals surface area contributed by atoms with E-state index in [1.807, 2.05) is 36.4 Å². The normalized spacial score (nSPS) is 12.5. The number of nitrogens with zero attached hydrogens (tertiary/aromatic N) is 2. The van der Waals surface area contributed by atoms with Gasteiger partial charge in [0, 0.05) is 0 Å². The first-order valence-corrected chi connectivity index (χ1v) is 6.31. The topological polar surface area (TPSA) is 70.1 Å². The van der Waals surface area contributed by atoms with E-state index >= 15 is 0 Å². The van der Waals surface area contributed by atoms with Crippen LogP contribution in [0.25, 0.3) is 0 Å². The average molecular weight is 337 g/mol. The highest BCUT2D eigenvalue weighted by atomic mass is 127. The van der Waals surface area contributed by atoms with Gasteiger partial charge in [-0.1, -0.05) is 6.92 Å². The van der Waals surface area contributed by atoms with E-state index in [1.54, 1.807) is 11.6 Å². The lowest BCUT2D eigenvalue weighted by molar-refractivity contribution is 0.0517. The van der Waals surface area contributed by atoms with Gasteiger partial charge in [0.15, 0.2) is 5.69 Å². The van der Waals surface area contributed by atoms with Crippen LogP contribution in [0.4, 0.5) is 5.82 Å². The molecule has 0 aromatic carbocycles. The zero-order valence-corrected chi connectivity index (χ0v) is 11.8. The molecule has 1 aromatic rings. The Morgan fingerprint density at radius 2 is 2.25 bits per heavy atom. The molecule has 90 valence electrons. The minimum atomic E-state index is -0.416. The van der Waals surface area contributed by atoms with Crippen LogP contribution in [-0.4, -0.2) is 22.4 Å². The number of carbonyl (C=O) groups is 1. The SMILES string of the molecule is CCOC(=O)c1nn([C@H](C)CC)c(N)c1I. The maximum absolute atomic E-state index is 11.6. The van der Waals surface area contributed by atoms with Crippen LogP contribution in [0.3, 0.4) is 0 Å². The van der Waals surface area contributed by atoms with E-state index in [0.717, 1.165) is 6.42 Å². The van der Waals surface area contributed by atoms with Crippen molar-refractivity contribution in [1.82, 2.24) is 9.78 Å². The highest BCUT2D eigenvalue weighted by molar-refractivity contribution is 14.1. The molecule has 2 N–H and O–H groups in total. The molecule has 0 aliphatic rings. The average Bonchev–Trinajstić information content (AvgIpc) is 2.56. The van der Waals surface area contributed by atoms with Crippen molar-refractivity contribution in [1.29, 1.82) is 0 Å². The number of halogens is 1. The lowest BCUT2D eigenvalue weighted by atomic mass is 10.3. The van der Waals surface area contributed by atoms with Crippen molar-refractivity contribution in [2.45, 2.75) is 33.2 Å². The van der Waals surface area contributed by atoms with E-state index in [2.05, 4.69) is 5.10 Å². The minimum Gasteiger partial charge on any atom is -0.461 e. The number of carbonyl (C=O) groups excluding carboxylic acids is 1. The van der Waals surface area contributed by atoms with Gasteiger partial charge in [-0.15, -0.1) is 0 Å². The van der Waals surface area contributed by atoms with Gasteiger partial charge in [0.25, 0.3) is 0 Å². The largest absolute Gasteiger partial charge is 0.461 e. The Hall–Kier alpha value is -0.790. The standard InChI is InChI=1S/C10H16IN3O2/c1-4-6(3)14-9(12)7(11)8(13-14)10(15)16-5-2/h6H,4-5,12H2,1-3H3/t6-/m1/s1. The van der Waals surface area contributed by atoms with Crippen LogP contribution in [0.5, 0.6) is 0 Å². The predicted octanol–water partition coefficient (Wildman–Crippen LogP) is 2.22. The molecule has 0 unspecified atom stereocenters. The van der Waals surface area contributed by atoms with Crippen molar-refractivity contribution in [3.05, 3.63) is 9.26 Å². The molecule has 1 heterocycles. The van der Waals surface area contributed by atoms with Crippen molar-refractivity contribution in [3.8, 4) is 0 Å². The van der Waals surface area contributed by atoms with Crippen molar-refractivity contribution in [2.24, 2.45) is 0 Å². The van der Waals surface area contributed by atoms with Crippen LogP contribution in [0.15, 0.2) is 0 Å². The van der Waals surface area contributed by atoms with Gasteiger partial charge < -0.3 is 10.5 Å². The number of anilines is 1. The molecular formula is C10H16IN3O2. The molecule has 0 aliphatic heterocycles. The molecule has 0 bridgehead atoms. The predicted molar refractivity (Wildman–Crippen MR) is 70.3 cm³/mol. The second-order valence-electron chi connectivity index (χ2n) is 3.47. The number of rotatable bonds is 4. The van der Waals surface area contributed by atoms with Gasteiger partial charge in [0.1, 0.15) is 5.82 Å². The molecule has 16 heavy (non-hydrogen) atoms. The Morgan fingerprint density at radius 1 is 1.62 bits per heavy atom. The summed E-state index contributed by atoms with van der Waals surface area (Å²) in [6.45, 7) is 6.15. The van der Waals surface area contributed by atoms with Crippen LogP contribution < -0.4 is 5.73 Å². The number of esters is 1. The number of nitrogen functional groups attached to an aromatic ring is 1. The summed E-state index contributed by atoms with van der Waals surface area (Å²) in [6, 6.07) is 0.177. The summed E-state index contributed by atoms with van der Waals surface area (Å²) in [5.74, 6) is 0.110. The van der Waals surface area contributed by atoms with Gasteiger partial charge in [-0.05, 0) is 42.9 Å². The molecule has 0 radical (unpaired) electrons. The second kappa shape index (κ2) is 5.51. The number of hydrogen-bond donors (Lipinski definition) is 1. The van der Waals surface area contributed by atoms with Crippen LogP contribution in [0.1, 0.15) is 43.7 Å². The molecule has 0 saturated carbocycles. The van der Waals surface area contributed by atoms with Crippen molar-refractivity contribution >= 4 is 34.4 Å². The first-order valence-electron chi connectivity index (χ1n) is 5.23. The molecular weight excluding hydrogens is 321 g/mol. The fourth-order valence-electron chi connectivity index (χ4n) is 1.27. The second-order valence-corrected chi connectivity index (χ2v) is 4.55. The number of hydrogen-bond acceptors (Lipinski definition) is 4. The molecule has 0 saturated heterocycles. The third kappa shape index (κ3) is 2.47. The summed E-state index contributed by atoms with van der Waals surface area (Å²) < 4.78 is 7.25. The van der Waals surface area contributed by atoms with E-state index in [4.69, 9.17) is 10.5 Å². The molecule has 1 rings (SSSR count). The van der Waals surface area contributed by atoms with Crippen molar-refractivity contribution in [3.63, 3.8) is 0 Å². The highest BCUT2D eigenvalue weighted by Gasteiger charge is 2.22. The minimum absolute atomic E-state index is 0.177. The van der Waals surface area contributed by atoms with E-state index in [9.17, 15) is 4.79 Å². The Kier molecular flexibility index (Phi) is 4.57. The number of ether oxygens (including phenoxy) is 1. The lowest BCUT2D eigenvalue weighted by Gasteiger charge is -2.10. The van der Waals surface area contributed by atoms with E-state index in [-0.39, 0.29) is 6.04 Å². The maximum atomic E-state index is 11.6. The third-order valence-corrected chi connectivity index (χ3v) is 3.43. The number of nitrogens with two attached hydrogens (primary N) is 1. The van der Waals surface area contributed by atoms with Crippen molar-refractivity contribution in [2.75, 3.05) is 12.3 Å². The molecule has 1 aromatic heterocycles. The van der Waals surface area contributed by atoms with Crippen LogP contribution in [0, 0.1) is 3.57 Å². The van der Waals surface area contributed by atoms with E-state index in [1.165, 1.54) is 0 Å². The van der Waals surface area contributed by atoms with Gasteiger partial charge in [-0.2, -0.15) is 5.10 Å². The van der Waals surface area contributed by atoms with Gasteiger partial charge in [-0.25, -0.2) is 9.48 Å².